The molecule has 2 heterocycles. The Hall–Kier alpha value is -5.38. The van der Waals surface area contributed by atoms with Crippen LogP contribution in [0.3, 0.4) is 0 Å². The zero-order valence-corrected chi connectivity index (χ0v) is 23.8. The van der Waals surface area contributed by atoms with E-state index in [-0.39, 0.29) is 11.1 Å². The molecule has 10 heteroatoms. The summed E-state index contributed by atoms with van der Waals surface area (Å²) in [7, 11) is 5.98. The summed E-state index contributed by atoms with van der Waals surface area (Å²) in [6.45, 7) is 1.29. The van der Waals surface area contributed by atoms with E-state index in [9.17, 15) is 9.59 Å². The maximum absolute atomic E-state index is 13.6. The fraction of sp³-hybridized carbons (Fsp3) is 0.188. The van der Waals surface area contributed by atoms with Crippen LogP contribution in [0.15, 0.2) is 72.8 Å². The SMILES string of the molecule is COc1ccc(-c2cc(C(=O)OCC(=O)c3cc(OC)c(OC)c(OC)c3)c3c(C)nn(-c4ccccc4)c3n2)cc1. The number of Topliss-reactive ketones (excluding diaryl/α,β-unsaturated/α-hetero) is 1. The normalized spacial score (nSPS) is 10.8. The molecule has 0 fully saturated rings. The Balaban J connectivity index is 1.53. The van der Waals surface area contributed by atoms with Gasteiger partial charge in [-0.3, -0.25) is 4.79 Å². The lowest BCUT2D eigenvalue weighted by Gasteiger charge is -2.14. The smallest absolute Gasteiger partial charge is 0.339 e. The number of para-hydroxylation sites is 1. The topological polar surface area (TPSA) is 111 Å². The third-order valence-electron chi connectivity index (χ3n) is 6.74. The molecule has 10 nitrogen and oxygen atoms in total. The predicted molar refractivity (Wildman–Crippen MR) is 156 cm³/mol. The van der Waals surface area contributed by atoms with Crippen LogP contribution in [0.5, 0.6) is 23.0 Å². The standard InChI is InChI=1S/C32H29N3O7/c1-19-29-24(32(37)42-18-26(36)21-15-27(39-3)30(41-5)28(16-21)40-4)17-25(20-11-13-23(38-2)14-12-20)33-31(29)35(34-19)22-9-7-6-8-10-22/h6-17H,18H2,1-5H3. The van der Waals surface area contributed by atoms with Gasteiger partial charge in [0.15, 0.2) is 23.8 Å². The molecule has 0 radical (unpaired) electrons. The number of rotatable bonds is 10. The Morgan fingerprint density at radius 3 is 2.07 bits per heavy atom. The number of carbonyl (C=O) groups is 2. The molecule has 5 rings (SSSR count). The molecule has 0 aliphatic heterocycles. The Morgan fingerprint density at radius 1 is 0.810 bits per heavy atom. The lowest BCUT2D eigenvalue weighted by Crippen LogP contribution is -2.15. The number of methoxy groups -OCH3 is 4. The molecule has 3 aromatic carbocycles. The molecule has 5 aromatic rings. The molecule has 0 aliphatic rings. The van der Waals surface area contributed by atoms with Crippen molar-refractivity contribution in [2.24, 2.45) is 0 Å². The number of ether oxygens (including phenoxy) is 5. The maximum atomic E-state index is 13.6. The molecule has 0 amide bonds. The number of ketones is 1. The average molecular weight is 568 g/mol. The van der Waals surface area contributed by atoms with Crippen LogP contribution in [0.25, 0.3) is 28.0 Å². The minimum atomic E-state index is -0.686. The number of nitrogens with zero attached hydrogens (tertiary/aromatic N) is 3. The van der Waals surface area contributed by atoms with Crippen LogP contribution in [0.2, 0.25) is 0 Å². The van der Waals surface area contributed by atoms with Crippen LogP contribution in [0, 0.1) is 6.92 Å². The first-order valence-corrected chi connectivity index (χ1v) is 13.0. The Labute approximate surface area is 242 Å². The van der Waals surface area contributed by atoms with Crippen molar-refractivity contribution in [2.45, 2.75) is 6.92 Å². The summed E-state index contributed by atoms with van der Waals surface area (Å²) in [6.07, 6.45) is 0. The summed E-state index contributed by atoms with van der Waals surface area (Å²) in [6, 6.07) is 21.5. The number of hydrogen-bond acceptors (Lipinski definition) is 9. The molecule has 2 aromatic heterocycles. The van der Waals surface area contributed by atoms with Gasteiger partial charge in [-0.1, -0.05) is 18.2 Å². The molecule has 0 aliphatic carbocycles. The molecule has 0 saturated carbocycles. The molecule has 0 saturated heterocycles. The van der Waals surface area contributed by atoms with Gasteiger partial charge in [-0.15, -0.1) is 0 Å². The van der Waals surface area contributed by atoms with Crippen molar-refractivity contribution in [1.82, 2.24) is 14.8 Å². The number of benzene rings is 3. The summed E-state index contributed by atoms with van der Waals surface area (Å²) >= 11 is 0. The van der Waals surface area contributed by atoms with Crippen molar-refractivity contribution < 1.29 is 33.3 Å². The lowest BCUT2D eigenvalue weighted by atomic mass is 10.1. The number of pyridine rings is 1. The number of fused-ring (bicyclic) bond motifs is 1. The number of aryl methyl sites for hydroxylation is 1. The van der Waals surface area contributed by atoms with E-state index >= 15 is 0 Å². The van der Waals surface area contributed by atoms with Crippen molar-refractivity contribution in [3.8, 4) is 39.9 Å². The molecule has 0 spiro atoms. The Kier molecular flexibility index (Phi) is 8.05. The van der Waals surface area contributed by atoms with E-state index in [1.807, 2.05) is 54.6 Å². The Bertz CT molecular complexity index is 1740. The molecule has 0 atom stereocenters. The fourth-order valence-corrected chi connectivity index (χ4v) is 4.64. The summed E-state index contributed by atoms with van der Waals surface area (Å²) < 4.78 is 28.6. The minimum absolute atomic E-state index is 0.239. The highest BCUT2D eigenvalue weighted by atomic mass is 16.5. The van der Waals surface area contributed by atoms with E-state index in [1.165, 1.54) is 33.5 Å². The van der Waals surface area contributed by atoms with Crippen LogP contribution in [-0.4, -0.2) is 61.6 Å². The van der Waals surface area contributed by atoms with Crippen LogP contribution in [0.4, 0.5) is 0 Å². The lowest BCUT2D eigenvalue weighted by molar-refractivity contribution is 0.0476. The quantitative estimate of drug-likeness (QED) is 0.160. The van der Waals surface area contributed by atoms with Gasteiger partial charge in [-0.05, 0) is 61.5 Å². The van der Waals surface area contributed by atoms with Crippen molar-refractivity contribution >= 4 is 22.8 Å². The maximum Gasteiger partial charge on any atom is 0.339 e. The summed E-state index contributed by atoms with van der Waals surface area (Å²) in [5.74, 6) is 0.541. The number of esters is 1. The van der Waals surface area contributed by atoms with Gasteiger partial charge >= 0.3 is 5.97 Å². The molecule has 42 heavy (non-hydrogen) atoms. The Morgan fingerprint density at radius 2 is 1.48 bits per heavy atom. The molecule has 214 valence electrons. The monoisotopic (exact) mass is 567 g/mol. The zero-order valence-electron chi connectivity index (χ0n) is 23.8. The highest BCUT2D eigenvalue weighted by Gasteiger charge is 2.24. The van der Waals surface area contributed by atoms with E-state index in [0.29, 0.717) is 45.4 Å². The zero-order chi connectivity index (χ0) is 29.8. The highest BCUT2D eigenvalue weighted by Crippen LogP contribution is 2.38. The molecule has 0 bridgehead atoms. The third kappa shape index (κ3) is 5.34. The first kappa shape index (κ1) is 28.2. The molecular formula is C32H29N3O7. The van der Waals surface area contributed by atoms with Crippen molar-refractivity contribution in [1.29, 1.82) is 0 Å². The highest BCUT2D eigenvalue weighted by molar-refractivity contribution is 6.07. The van der Waals surface area contributed by atoms with Gasteiger partial charge in [0.2, 0.25) is 11.5 Å². The van der Waals surface area contributed by atoms with Crippen molar-refractivity contribution in [3.05, 3.63) is 89.6 Å². The van der Waals surface area contributed by atoms with Crippen LogP contribution >= 0.6 is 0 Å². The predicted octanol–water partition coefficient (Wildman–Crippen LogP) is 5.47. The minimum Gasteiger partial charge on any atom is -0.497 e. The summed E-state index contributed by atoms with van der Waals surface area (Å²) in [4.78, 5) is 31.6. The molecule has 0 unspecified atom stereocenters. The van der Waals surface area contributed by atoms with Crippen LogP contribution in [-0.2, 0) is 4.74 Å². The van der Waals surface area contributed by atoms with E-state index in [2.05, 4.69) is 5.10 Å². The van der Waals surface area contributed by atoms with Gasteiger partial charge in [0.25, 0.3) is 0 Å². The first-order valence-electron chi connectivity index (χ1n) is 13.0. The van der Waals surface area contributed by atoms with Crippen molar-refractivity contribution in [2.75, 3.05) is 35.0 Å². The number of carbonyl (C=O) groups excluding carboxylic acids is 2. The first-order chi connectivity index (χ1) is 20.4. The van der Waals surface area contributed by atoms with Crippen LogP contribution < -0.4 is 18.9 Å². The van der Waals surface area contributed by atoms with E-state index in [0.717, 1.165) is 11.3 Å². The van der Waals surface area contributed by atoms with Crippen LogP contribution in [0.1, 0.15) is 26.4 Å². The second kappa shape index (κ2) is 12.0. The largest absolute Gasteiger partial charge is 0.497 e. The number of hydrogen-bond donors (Lipinski definition) is 0. The third-order valence-corrected chi connectivity index (χ3v) is 6.74. The second-order valence-corrected chi connectivity index (χ2v) is 9.23. The van der Waals surface area contributed by atoms with E-state index < -0.39 is 18.4 Å². The number of aromatic nitrogens is 3. The second-order valence-electron chi connectivity index (χ2n) is 9.23. The fourth-order valence-electron chi connectivity index (χ4n) is 4.64. The van der Waals surface area contributed by atoms with E-state index in [1.54, 1.807) is 24.8 Å². The van der Waals surface area contributed by atoms with Gasteiger partial charge in [0.1, 0.15) is 5.75 Å². The molecular weight excluding hydrogens is 538 g/mol. The van der Waals surface area contributed by atoms with Gasteiger partial charge in [0, 0.05) is 11.1 Å². The summed E-state index contributed by atoms with van der Waals surface area (Å²) in [5.41, 5.74) is 3.63. The van der Waals surface area contributed by atoms with Gasteiger partial charge in [0.05, 0.1) is 56.5 Å². The molecule has 0 N–H and O–H groups in total. The average Bonchev–Trinajstić information content (AvgIpc) is 3.38. The summed E-state index contributed by atoms with van der Waals surface area (Å²) in [5, 5.41) is 5.21. The van der Waals surface area contributed by atoms with Crippen molar-refractivity contribution in [3.63, 3.8) is 0 Å². The van der Waals surface area contributed by atoms with Gasteiger partial charge in [-0.25, -0.2) is 14.5 Å². The van der Waals surface area contributed by atoms with Gasteiger partial charge < -0.3 is 23.7 Å². The van der Waals surface area contributed by atoms with Gasteiger partial charge in [-0.2, -0.15) is 5.10 Å². The van der Waals surface area contributed by atoms with E-state index in [4.69, 9.17) is 28.7 Å².